The molecule has 0 spiro atoms. The predicted molar refractivity (Wildman–Crippen MR) is 71.8 cm³/mol. The van der Waals surface area contributed by atoms with E-state index in [9.17, 15) is 5.11 Å². The summed E-state index contributed by atoms with van der Waals surface area (Å²) in [6, 6.07) is 4.30. The summed E-state index contributed by atoms with van der Waals surface area (Å²) in [4.78, 5) is 4.23. The first-order chi connectivity index (χ1) is 7.58. The number of aliphatic hydroxyl groups is 1. The number of nitrogens with one attached hydrogen (secondary N) is 1. The van der Waals surface area contributed by atoms with Crippen molar-refractivity contribution in [3.63, 3.8) is 0 Å². The maximum Gasteiger partial charge on any atom is 0.0961 e. The Morgan fingerprint density at radius 1 is 1.50 bits per heavy atom. The Balaban J connectivity index is 2.26. The van der Waals surface area contributed by atoms with Gasteiger partial charge in [-0.1, -0.05) is 13.8 Å². The fourth-order valence-electron chi connectivity index (χ4n) is 1.06. The van der Waals surface area contributed by atoms with Crippen molar-refractivity contribution in [1.82, 2.24) is 10.3 Å². The van der Waals surface area contributed by atoms with Gasteiger partial charge in [-0.15, -0.1) is 11.8 Å². The summed E-state index contributed by atoms with van der Waals surface area (Å²) in [7, 11) is 0. The maximum absolute atomic E-state index is 9.69. The SMILES string of the molecule is CC(C)NCC(O)CSc1ccc(Br)cn1. The van der Waals surface area contributed by atoms with Crippen LogP contribution in [0.15, 0.2) is 27.8 Å². The highest BCUT2D eigenvalue weighted by Crippen LogP contribution is 2.18. The van der Waals surface area contributed by atoms with E-state index < -0.39 is 0 Å². The van der Waals surface area contributed by atoms with Crippen molar-refractivity contribution < 1.29 is 5.11 Å². The van der Waals surface area contributed by atoms with Gasteiger partial charge in [0.05, 0.1) is 11.1 Å². The zero-order chi connectivity index (χ0) is 12.0. The van der Waals surface area contributed by atoms with E-state index in [1.165, 1.54) is 0 Å². The molecule has 5 heteroatoms. The number of thioether (sulfide) groups is 1. The number of nitrogens with zero attached hydrogens (tertiary/aromatic N) is 1. The topological polar surface area (TPSA) is 45.1 Å². The Bertz CT molecular complexity index is 305. The lowest BCUT2D eigenvalue weighted by molar-refractivity contribution is 0.192. The molecule has 0 fully saturated rings. The highest BCUT2D eigenvalue weighted by molar-refractivity contribution is 9.10. The molecule has 0 aliphatic carbocycles. The largest absolute Gasteiger partial charge is 0.391 e. The summed E-state index contributed by atoms with van der Waals surface area (Å²) in [5, 5.41) is 13.8. The molecule has 1 unspecified atom stereocenters. The summed E-state index contributed by atoms with van der Waals surface area (Å²) in [5.74, 6) is 0.661. The average molecular weight is 305 g/mol. The molecule has 0 aliphatic rings. The summed E-state index contributed by atoms with van der Waals surface area (Å²) >= 11 is 4.90. The normalized spacial score (nSPS) is 13.1. The minimum Gasteiger partial charge on any atom is -0.391 e. The Kier molecular flexibility index (Phi) is 6.34. The third-order valence-electron chi connectivity index (χ3n) is 1.89. The van der Waals surface area contributed by atoms with Crippen LogP contribution in [0.1, 0.15) is 13.8 Å². The van der Waals surface area contributed by atoms with Crippen LogP contribution in [0.5, 0.6) is 0 Å². The Morgan fingerprint density at radius 2 is 2.25 bits per heavy atom. The van der Waals surface area contributed by atoms with Crippen molar-refractivity contribution in [3.8, 4) is 0 Å². The van der Waals surface area contributed by atoms with Crippen LogP contribution in [-0.4, -0.2) is 34.5 Å². The van der Waals surface area contributed by atoms with Gasteiger partial charge in [0.25, 0.3) is 0 Å². The van der Waals surface area contributed by atoms with E-state index in [2.05, 4.69) is 40.1 Å². The summed E-state index contributed by atoms with van der Waals surface area (Å²) in [6.07, 6.45) is 1.43. The van der Waals surface area contributed by atoms with Crippen LogP contribution in [0, 0.1) is 0 Å². The molecule has 0 aromatic carbocycles. The van der Waals surface area contributed by atoms with Gasteiger partial charge in [0.2, 0.25) is 0 Å². The van der Waals surface area contributed by atoms with Crippen molar-refractivity contribution in [2.75, 3.05) is 12.3 Å². The number of hydrogen-bond donors (Lipinski definition) is 2. The molecule has 1 heterocycles. The van der Waals surface area contributed by atoms with E-state index in [0.29, 0.717) is 18.3 Å². The van der Waals surface area contributed by atoms with E-state index >= 15 is 0 Å². The highest BCUT2D eigenvalue weighted by atomic mass is 79.9. The maximum atomic E-state index is 9.69. The molecule has 1 atom stereocenters. The van der Waals surface area contributed by atoms with Gasteiger partial charge in [-0.3, -0.25) is 0 Å². The average Bonchev–Trinajstić information content (AvgIpc) is 2.25. The van der Waals surface area contributed by atoms with Crippen LogP contribution in [0.4, 0.5) is 0 Å². The van der Waals surface area contributed by atoms with Crippen LogP contribution < -0.4 is 5.32 Å². The van der Waals surface area contributed by atoms with E-state index in [4.69, 9.17) is 0 Å². The summed E-state index contributed by atoms with van der Waals surface area (Å²) in [6.45, 7) is 4.76. The minimum absolute atomic E-state index is 0.335. The number of pyridine rings is 1. The van der Waals surface area contributed by atoms with Crippen molar-refractivity contribution in [2.45, 2.75) is 31.0 Å². The highest BCUT2D eigenvalue weighted by Gasteiger charge is 2.06. The number of aromatic nitrogens is 1. The molecule has 3 nitrogen and oxygen atoms in total. The smallest absolute Gasteiger partial charge is 0.0961 e. The number of aliphatic hydroxyl groups excluding tert-OH is 1. The zero-order valence-electron chi connectivity index (χ0n) is 9.48. The Morgan fingerprint density at radius 3 is 2.81 bits per heavy atom. The van der Waals surface area contributed by atoms with Gasteiger partial charge in [-0.25, -0.2) is 4.98 Å². The molecular weight excluding hydrogens is 288 g/mol. The van der Waals surface area contributed by atoms with Crippen LogP contribution in [0.2, 0.25) is 0 Å². The first-order valence-corrected chi connectivity index (χ1v) is 7.01. The Hall–Kier alpha value is -0.100. The van der Waals surface area contributed by atoms with Crippen LogP contribution in [-0.2, 0) is 0 Å². The molecule has 0 aliphatic heterocycles. The molecule has 0 saturated carbocycles. The van der Waals surface area contributed by atoms with Gasteiger partial charge in [-0.2, -0.15) is 0 Å². The predicted octanol–water partition coefficient (Wildman–Crippen LogP) is 2.30. The molecular formula is C11H17BrN2OS. The first kappa shape index (κ1) is 14.0. The number of halogens is 1. The monoisotopic (exact) mass is 304 g/mol. The minimum atomic E-state index is -0.335. The van der Waals surface area contributed by atoms with Crippen molar-refractivity contribution in [1.29, 1.82) is 0 Å². The standard InChI is InChI=1S/C11H17BrN2OS/c1-8(2)13-6-10(15)7-16-11-4-3-9(12)5-14-11/h3-5,8,10,13,15H,6-7H2,1-2H3. The molecule has 1 rings (SSSR count). The molecule has 90 valence electrons. The lowest BCUT2D eigenvalue weighted by atomic mass is 10.3. The Labute approximate surface area is 109 Å². The zero-order valence-corrected chi connectivity index (χ0v) is 11.9. The molecule has 0 radical (unpaired) electrons. The molecule has 1 aromatic heterocycles. The lowest BCUT2D eigenvalue weighted by Crippen LogP contribution is -2.33. The number of hydrogen-bond acceptors (Lipinski definition) is 4. The third kappa shape index (κ3) is 5.84. The quantitative estimate of drug-likeness (QED) is 0.792. The second-order valence-corrected chi connectivity index (χ2v) is 5.80. The fraction of sp³-hybridized carbons (Fsp3) is 0.545. The van der Waals surface area contributed by atoms with Gasteiger partial charge < -0.3 is 10.4 Å². The lowest BCUT2D eigenvalue weighted by Gasteiger charge is -2.13. The van der Waals surface area contributed by atoms with E-state index in [0.717, 1.165) is 9.50 Å². The van der Waals surface area contributed by atoms with Gasteiger partial charge in [0.1, 0.15) is 0 Å². The van der Waals surface area contributed by atoms with E-state index in [1.807, 2.05) is 12.1 Å². The van der Waals surface area contributed by atoms with E-state index in [-0.39, 0.29) is 6.10 Å². The second kappa shape index (κ2) is 7.27. The van der Waals surface area contributed by atoms with Crippen LogP contribution in [0.3, 0.4) is 0 Å². The van der Waals surface area contributed by atoms with E-state index in [1.54, 1.807) is 18.0 Å². The van der Waals surface area contributed by atoms with Gasteiger partial charge in [0.15, 0.2) is 0 Å². The van der Waals surface area contributed by atoms with Gasteiger partial charge in [0, 0.05) is 29.0 Å². The fourth-order valence-corrected chi connectivity index (χ4v) is 2.07. The van der Waals surface area contributed by atoms with Crippen LogP contribution >= 0.6 is 27.7 Å². The molecule has 1 aromatic rings. The number of rotatable bonds is 6. The molecule has 2 N–H and O–H groups in total. The molecule has 0 saturated heterocycles. The second-order valence-electron chi connectivity index (χ2n) is 3.84. The van der Waals surface area contributed by atoms with Gasteiger partial charge >= 0.3 is 0 Å². The van der Waals surface area contributed by atoms with Crippen molar-refractivity contribution in [2.24, 2.45) is 0 Å². The summed E-state index contributed by atoms with van der Waals surface area (Å²) < 4.78 is 0.971. The molecule has 0 amide bonds. The van der Waals surface area contributed by atoms with Gasteiger partial charge in [-0.05, 0) is 28.1 Å². The van der Waals surface area contributed by atoms with Crippen LogP contribution in [0.25, 0.3) is 0 Å². The molecule has 16 heavy (non-hydrogen) atoms. The molecule has 0 bridgehead atoms. The van der Waals surface area contributed by atoms with Crippen molar-refractivity contribution in [3.05, 3.63) is 22.8 Å². The first-order valence-electron chi connectivity index (χ1n) is 5.23. The van der Waals surface area contributed by atoms with Crippen molar-refractivity contribution >= 4 is 27.7 Å². The summed E-state index contributed by atoms with van der Waals surface area (Å²) in [5.41, 5.74) is 0. The third-order valence-corrected chi connectivity index (χ3v) is 3.44.